The Morgan fingerprint density at radius 1 is 1.12 bits per heavy atom. The number of phenols is 1. The van der Waals surface area contributed by atoms with E-state index >= 15 is 0 Å². The van der Waals surface area contributed by atoms with Crippen LogP contribution in [0.1, 0.15) is 44.6 Å². The van der Waals surface area contributed by atoms with Crippen LogP contribution in [0.3, 0.4) is 0 Å². The van der Waals surface area contributed by atoms with Gasteiger partial charge in [0.15, 0.2) is 11.6 Å². The lowest BCUT2D eigenvalue weighted by Gasteiger charge is -2.42. The van der Waals surface area contributed by atoms with E-state index in [1.54, 1.807) is 19.1 Å². The molecule has 2 amide bonds. The molecular weight excluding hydrogens is 434 g/mol. The highest BCUT2D eigenvalue weighted by Gasteiger charge is 2.56. The normalized spacial score (nSPS) is 28.4. The number of hydrogen-bond donors (Lipinski definition) is 1. The molecule has 1 N–H and O–H groups in total. The molecule has 1 aliphatic heterocycles. The van der Waals surface area contributed by atoms with E-state index in [0.717, 1.165) is 5.57 Å². The Labute approximate surface area is 197 Å². The van der Waals surface area contributed by atoms with Gasteiger partial charge in [0, 0.05) is 40.8 Å². The average Bonchev–Trinajstić information content (AvgIpc) is 3.06. The zero-order valence-electron chi connectivity index (χ0n) is 19.5. The Morgan fingerprint density at radius 2 is 1.88 bits per heavy atom. The standard InChI is InChI=1S/C27H27NO6/c1-4-9-28-26(32)17-8-7-15-18(23(17)27(28)33)12-19-20(29)10-13(2)25(31)24(19)22(15)16-6-5-14(34-3)11-21(16)30/h5-7,10-11,17-18,22-23,30H,4,8-9,12H2,1-3H3. The van der Waals surface area contributed by atoms with Crippen LogP contribution in [0, 0.1) is 17.8 Å². The lowest BCUT2D eigenvalue weighted by atomic mass is 9.59. The van der Waals surface area contributed by atoms with Crippen LogP contribution in [0.4, 0.5) is 0 Å². The van der Waals surface area contributed by atoms with Gasteiger partial charge in [0.2, 0.25) is 11.8 Å². The highest BCUT2D eigenvalue weighted by molar-refractivity contribution is 6.24. The van der Waals surface area contributed by atoms with E-state index in [1.165, 1.54) is 24.2 Å². The number of carbonyl (C=O) groups is 4. The van der Waals surface area contributed by atoms with Crippen LogP contribution in [0.25, 0.3) is 0 Å². The number of rotatable bonds is 4. The fourth-order valence-corrected chi connectivity index (χ4v) is 6.12. The lowest BCUT2D eigenvalue weighted by molar-refractivity contribution is -0.140. The van der Waals surface area contributed by atoms with Gasteiger partial charge in [-0.05, 0) is 44.2 Å². The van der Waals surface area contributed by atoms with Crippen LogP contribution in [-0.2, 0) is 19.2 Å². The second-order valence-electron chi connectivity index (χ2n) is 9.48. The number of fused-ring (bicyclic) bond motifs is 3. The third-order valence-corrected chi connectivity index (χ3v) is 7.65. The van der Waals surface area contributed by atoms with E-state index in [-0.39, 0.29) is 41.5 Å². The molecule has 3 aliphatic carbocycles. The molecule has 7 heteroatoms. The van der Waals surface area contributed by atoms with Crippen LogP contribution in [0.2, 0.25) is 0 Å². The Bertz CT molecular complexity index is 1240. The molecule has 0 radical (unpaired) electrons. The molecule has 5 rings (SSSR count). The number of aromatic hydroxyl groups is 1. The smallest absolute Gasteiger partial charge is 0.233 e. The highest BCUT2D eigenvalue weighted by atomic mass is 16.5. The average molecular weight is 462 g/mol. The summed E-state index contributed by atoms with van der Waals surface area (Å²) in [6.45, 7) is 3.92. The van der Waals surface area contributed by atoms with Crippen molar-refractivity contribution in [1.82, 2.24) is 4.90 Å². The largest absolute Gasteiger partial charge is 0.507 e. The SMILES string of the molecule is CCCN1C(=O)C2CC=C3C(c4ccc(OC)cc4O)C4=C(CC3C2C1=O)C(=O)C=C(C)C4=O. The van der Waals surface area contributed by atoms with Gasteiger partial charge in [0.25, 0.3) is 0 Å². The van der Waals surface area contributed by atoms with Gasteiger partial charge in [0.1, 0.15) is 11.5 Å². The van der Waals surface area contributed by atoms with Gasteiger partial charge in [0.05, 0.1) is 18.9 Å². The number of amides is 2. The van der Waals surface area contributed by atoms with Crippen molar-refractivity contribution >= 4 is 23.4 Å². The van der Waals surface area contributed by atoms with Crippen LogP contribution in [0.15, 0.2) is 52.6 Å². The predicted molar refractivity (Wildman–Crippen MR) is 123 cm³/mol. The van der Waals surface area contributed by atoms with E-state index in [2.05, 4.69) is 0 Å². The zero-order valence-corrected chi connectivity index (χ0v) is 19.5. The van der Waals surface area contributed by atoms with Crippen molar-refractivity contribution in [2.45, 2.75) is 39.0 Å². The monoisotopic (exact) mass is 461 g/mol. The summed E-state index contributed by atoms with van der Waals surface area (Å²) in [7, 11) is 1.50. The summed E-state index contributed by atoms with van der Waals surface area (Å²) in [6, 6.07) is 4.89. The van der Waals surface area contributed by atoms with Crippen molar-refractivity contribution in [2.24, 2.45) is 17.8 Å². The molecular formula is C27H27NO6. The van der Waals surface area contributed by atoms with Gasteiger partial charge in [-0.15, -0.1) is 0 Å². The van der Waals surface area contributed by atoms with Crippen LogP contribution >= 0.6 is 0 Å². The number of imide groups is 1. The maximum absolute atomic E-state index is 13.4. The summed E-state index contributed by atoms with van der Waals surface area (Å²) in [5, 5.41) is 10.9. The van der Waals surface area contributed by atoms with Gasteiger partial charge in [-0.25, -0.2) is 0 Å². The third kappa shape index (κ3) is 3.10. The Morgan fingerprint density at radius 3 is 2.56 bits per heavy atom. The molecule has 1 heterocycles. The second kappa shape index (κ2) is 8.08. The van der Waals surface area contributed by atoms with E-state index in [9.17, 15) is 24.3 Å². The maximum atomic E-state index is 13.4. The van der Waals surface area contributed by atoms with Crippen LogP contribution in [0.5, 0.6) is 11.5 Å². The molecule has 4 atom stereocenters. The number of phenolic OH excluding ortho intramolecular Hbond substituents is 1. The molecule has 4 unspecified atom stereocenters. The topological polar surface area (TPSA) is 101 Å². The summed E-state index contributed by atoms with van der Waals surface area (Å²) in [6.07, 6.45) is 4.62. The van der Waals surface area contributed by atoms with Crippen LogP contribution < -0.4 is 4.74 Å². The zero-order chi connectivity index (χ0) is 24.3. The van der Waals surface area contributed by atoms with Gasteiger partial charge in [-0.1, -0.05) is 24.6 Å². The molecule has 34 heavy (non-hydrogen) atoms. The van der Waals surface area contributed by atoms with Gasteiger partial charge in [-0.3, -0.25) is 24.1 Å². The van der Waals surface area contributed by atoms with E-state index in [4.69, 9.17) is 4.74 Å². The molecule has 1 aromatic carbocycles. The molecule has 4 aliphatic rings. The molecule has 0 bridgehead atoms. The quantitative estimate of drug-likeness (QED) is 0.420. The Balaban J connectivity index is 1.68. The molecule has 1 saturated heterocycles. The number of hydrogen-bond acceptors (Lipinski definition) is 6. The predicted octanol–water partition coefficient (Wildman–Crippen LogP) is 3.24. The van der Waals surface area contributed by atoms with Crippen molar-refractivity contribution in [3.8, 4) is 11.5 Å². The molecule has 176 valence electrons. The minimum atomic E-state index is -0.663. The first-order chi connectivity index (χ1) is 16.3. The van der Waals surface area contributed by atoms with Gasteiger partial charge in [-0.2, -0.15) is 0 Å². The van der Waals surface area contributed by atoms with Crippen molar-refractivity contribution in [1.29, 1.82) is 0 Å². The van der Waals surface area contributed by atoms with Gasteiger partial charge < -0.3 is 9.84 Å². The molecule has 0 saturated carbocycles. The molecule has 7 nitrogen and oxygen atoms in total. The Kier molecular flexibility index (Phi) is 5.30. The summed E-state index contributed by atoms with van der Waals surface area (Å²) < 4.78 is 5.22. The van der Waals surface area contributed by atoms with Crippen molar-refractivity contribution in [2.75, 3.05) is 13.7 Å². The fraction of sp³-hybridized carbons (Fsp3) is 0.407. The maximum Gasteiger partial charge on any atom is 0.233 e. The van der Waals surface area contributed by atoms with E-state index in [1.807, 2.05) is 13.0 Å². The first-order valence-corrected chi connectivity index (χ1v) is 11.7. The summed E-state index contributed by atoms with van der Waals surface area (Å²) in [5.41, 5.74) is 2.42. The summed E-state index contributed by atoms with van der Waals surface area (Å²) in [5.74, 6) is -2.46. The number of likely N-dealkylation sites (tertiary alicyclic amines) is 1. The number of Topliss-reactive ketones (excluding diaryl/α,β-unsaturated/α-hetero) is 1. The van der Waals surface area contributed by atoms with Crippen LogP contribution in [-0.4, -0.2) is 47.0 Å². The lowest BCUT2D eigenvalue weighted by Crippen LogP contribution is -2.39. The minimum absolute atomic E-state index is 0.0474. The third-order valence-electron chi connectivity index (χ3n) is 7.65. The first-order valence-electron chi connectivity index (χ1n) is 11.7. The van der Waals surface area contributed by atoms with Crippen molar-refractivity contribution < 1.29 is 29.0 Å². The van der Waals surface area contributed by atoms with E-state index < -0.39 is 17.8 Å². The number of methoxy groups -OCH3 is 1. The van der Waals surface area contributed by atoms with Gasteiger partial charge >= 0.3 is 0 Å². The first kappa shape index (κ1) is 22.3. The van der Waals surface area contributed by atoms with Crippen molar-refractivity contribution in [3.63, 3.8) is 0 Å². The summed E-state index contributed by atoms with van der Waals surface area (Å²) in [4.78, 5) is 54.2. The van der Waals surface area contributed by atoms with E-state index in [0.29, 0.717) is 47.4 Å². The number of ether oxygens (including phenoxy) is 1. The summed E-state index contributed by atoms with van der Waals surface area (Å²) >= 11 is 0. The fourth-order valence-electron chi connectivity index (χ4n) is 6.12. The molecule has 1 fully saturated rings. The molecule has 0 spiro atoms. The molecule has 1 aromatic rings. The highest BCUT2D eigenvalue weighted by Crippen LogP contribution is 2.56. The minimum Gasteiger partial charge on any atom is -0.507 e. The number of allylic oxidation sites excluding steroid dienone is 6. The number of carbonyl (C=O) groups excluding carboxylic acids is 4. The molecule has 0 aromatic heterocycles. The second-order valence-corrected chi connectivity index (χ2v) is 9.48. The number of ketones is 2. The Hall–Kier alpha value is -3.48. The number of nitrogens with zero attached hydrogens (tertiary/aromatic N) is 1. The van der Waals surface area contributed by atoms with Crippen molar-refractivity contribution in [3.05, 3.63) is 58.2 Å². The number of benzene rings is 1.